The fourth-order valence-electron chi connectivity index (χ4n) is 3.49. The van der Waals surface area contributed by atoms with E-state index in [9.17, 15) is 4.79 Å². The number of amides is 1. The van der Waals surface area contributed by atoms with Crippen LogP contribution in [0.4, 0.5) is 5.13 Å². The van der Waals surface area contributed by atoms with Crippen molar-refractivity contribution >= 4 is 44.4 Å². The molecule has 2 saturated carbocycles. The zero-order chi connectivity index (χ0) is 19.4. The van der Waals surface area contributed by atoms with Crippen molar-refractivity contribution in [2.24, 2.45) is 0 Å². The van der Waals surface area contributed by atoms with Crippen LogP contribution in [-0.2, 0) is 4.79 Å². The number of anilines is 1. The molecule has 2 fully saturated rings. The molecule has 1 aromatic carbocycles. The lowest BCUT2D eigenvalue weighted by Gasteiger charge is -2.17. The summed E-state index contributed by atoms with van der Waals surface area (Å²) >= 11 is 2.88. The number of fused-ring (bicyclic) bond motifs is 2. The topological polar surface area (TPSA) is 91.2 Å². The van der Waals surface area contributed by atoms with E-state index in [1.54, 1.807) is 0 Å². The molecule has 0 atom stereocenters. The minimum Gasteiger partial charge on any atom is -0.486 e. The second-order valence-corrected chi connectivity index (χ2v) is 9.51. The SMILES string of the molecule is O=C(CSc1nnc(C2CC2)n1C1CC1)Nc1nc2cc3c(cc2s1)OCCO3. The van der Waals surface area contributed by atoms with Crippen LogP contribution in [0.2, 0.25) is 0 Å². The Balaban J connectivity index is 1.14. The van der Waals surface area contributed by atoms with Gasteiger partial charge in [0.25, 0.3) is 0 Å². The van der Waals surface area contributed by atoms with Crippen molar-refractivity contribution in [2.75, 3.05) is 24.3 Å². The molecule has 1 N–H and O–H groups in total. The lowest BCUT2D eigenvalue weighted by atomic mass is 10.3. The number of benzene rings is 1. The monoisotopic (exact) mass is 429 g/mol. The van der Waals surface area contributed by atoms with Crippen LogP contribution in [-0.4, -0.2) is 44.6 Å². The molecule has 29 heavy (non-hydrogen) atoms. The lowest BCUT2D eigenvalue weighted by molar-refractivity contribution is -0.113. The number of rotatable bonds is 6. The smallest absolute Gasteiger partial charge is 0.236 e. The van der Waals surface area contributed by atoms with Gasteiger partial charge < -0.3 is 19.4 Å². The number of ether oxygens (including phenoxy) is 2. The summed E-state index contributed by atoms with van der Waals surface area (Å²) in [6.07, 6.45) is 4.77. The molecule has 3 aliphatic rings. The summed E-state index contributed by atoms with van der Waals surface area (Å²) in [5, 5.41) is 13.1. The molecule has 3 aromatic rings. The van der Waals surface area contributed by atoms with Crippen LogP contribution in [0.5, 0.6) is 11.5 Å². The summed E-state index contributed by atoms with van der Waals surface area (Å²) in [7, 11) is 0. The maximum atomic E-state index is 12.5. The first-order chi connectivity index (χ1) is 14.2. The highest BCUT2D eigenvalue weighted by atomic mass is 32.2. The van der Waals surface area contributed by atoms with Crippen molar-refractivity contribution in [2.45, 2.75) is 42.8 Å². The van der Waals surface area contributed by atoms with Gasteiger partial charge in [0.1, 0.15) is 19.0 Å². The van der Waals surface area contributed by atoms with E-state index in [1.807, 2.05) is 12.1 Å². The van der Waals surface area contributed by atoms with Crippen molar-refractivity contribution in [3.8, 4) is 11.5 Å². The number of thioether (sulfide) groups is 1. The number of hydrogen-bond donors (Lipinski definition) is 1. The van der Waals surface area contributed by atoms with Gasteiger partial charge in [-0.05, 0) is 25.7 Å². The number of carbonyl (C=O) groups is 1. The first-order valence-corrected chi connectivity index (χ1v) is 11.6. The summed E-state index contributed by atoms with van der Waals surface area (Å²) in [6, 6.07) is 4.30. The fourth-order valence-corrected chi connectivity index (χ4v) is 5.19. The molecule has 1 aliphatic heterocycles. The fraction of sp³-hybridized carbons (Fsp3) is 0.474. The third-order valence-corrected chi connectivity index (χ3v) is 7.05. The molecular weight excluding hydrogens is 410 g/mol. The van der Waals surface area contributed by atoms with Crippen molar-refractivity contribution in [1.82, 2.24) is 19.7 Å². The van der Waals surface area contributed by atoms with Crippen molar-refractivity contribution in [3.63, 3.8) is 0 Å². The van der Waals surface area contributed by atoms with E-state index >= 15 is 0 Å². The number of nitrogens with one attached hydrogen (secondary N) is 1. The Morgan fingerprint density at radius 2 is 1.97 bits per heavy atom. The van der Waals surface area contributed by atoms with Crippen LogP contribution in [0.1, 0.15) is 43.5 Å². The number of thiazole rings is 1. The predicted octanol–water partition coefficient (Wildman–Crippen LogP) is 3.60. The van der Waals surface area contributed by atoms with E-state index < -0.39 is 0 Å². The number of aromatic nitrogens is 4. The molecule has 8 nitrogen and oxygen atoms in total. The first kappa shape index (κ1) is 17.5. The van der Waals surface area contributed by atoms with Crippen molar-refractivity contribution < 1.29 is 14.3 Å². The van der Waals surface area contributed by atoms with Crippen LogP contribution in [0.25, 0.3) is 10.2 Å². The third kappa shape index (κ3) is 3.44. The van der Waals surface area contributed by atoms with E-state index in [0.29, 0.717) is 36.1 Å². The van der Waals surface area contributed by atoms with E-state index in [-0.39, 0.29) is 11.7 Å². The predicted molar refractivity (Wildman–Crippen MR) is 110 cm³/mol. The zero-order valence-corrected chi connectivity index (χ0v) is 17.2. The first-order valence-electron chi connectivity index (χ1n) is 9.82. The van der Waals surface area contributed by atoms with E-state index in [0.717, 1.165) is 26.9 Å². The second kappa shape index (κ2) is 6.88. The van der Waals surface area contributed by atoms with Gasteiger partial charge in [-0.3, -0.25) is 4.79 Å². The molecule has 2 aromatic heterocycles. The maximum absolute atomic E-state index is 12.5. The molecule has 0 saturated heterocycles. The summed E-state index contributed by atoms with van der Waals surface area (Å²) < 4.78 is 14.4. The molecule has 0 spiro atoms. The summed E-state index contributed by atoms with van der Waals surface area (Å²) in [6.45, 7) is 1.09. The van der Waals surface area contributed by atoms with Gasteiger partial charge in [0, 0.05) is 24.1 Å². The highest BCUT2D eigenvalue weighted by molar-refractivity contribution is 7.99. The second-order valence-electron chi connectivity index (χ2n) is 7.54. The zero-order valence-electron chi connectivity index (χ0n) is 15.6. The van der Waals surface area contributed by atoms with Gasteiger partial charge in [-0.15, -0.1) is 10.2 Å². The Morgan fingerprint density at radius 3 is 2.72 bits per heavy atom. The van der Waals surface area contributed by atoms with Crippen LogP contribution >= 0.6 is 23.1 Å². The number of nitrogens with zero attached hydrogens (tertiary/aromatic N) is 4. The quantitative estimate of drug-likeness (QED) is 0.599. The molecule has 3 heterocycles. The van der Waals surface area contributed by atoms with Crippen molar-refractivity contribution in [1.29, 1.82) is 0 Å². The van der Waals surface area contributed by atoms with E-state index in [1.165, 1.54) is 48.8 Å². The van der Waals surface area contributed by atoms with Gasteiger partial charge in [0.05, 0.1) is 16.0 Å². The van der Waals surface area contributed by atoms with Crippen LogP contribution in [0, 0.1) is 0 Å². The average molecular weight is 430 g/mol. The molecule has 2 aliphatic carbocycles. The summed E-state index contributed by atoms with van der Waals surface area (Å²) in [4.78, 5) is 17.0. The molecule has 150 valence electrons. The number of carbonyl (C=O) groups excluding carboxylic acids is 1. The van der Waals surface area contributed by atoms with Gasteiger partial charge >= 0.3 is 0 Å². The molecule has 0 unspecified atom stereocenters. The van der Waals surface area contributed by atoms with Crippen LogP contribution in [0.3, 0.4) is 0 Å². The third-order valence-electron chi connectivity index (χ3n) is 5.18. The highest BCUT2D eigenvalue weighted by Gasteiger charge is 2.36. The van der Waals surface area contributed by atoms with Gasteiger partial charge in [0.15, 0.2) is 21.8 Å². The minimum atomic E-state index is -0.0929. The lowest BCUT2D eigenvalue weighted by Crippen LogP contribution is -2.15. The molecular formula is C19H19N5O3S2. The Bertz CT molecular complexity index is 1060. The maximum Gasteiger partial charge on any atom is 0.236 e. The Morgan fingerprint density at radius 1 is 1.17 bits per heavy atom. The van der Waals surface area contributed by atoms with Crippen molar-refractivity contribution in [3.05, 3.63) is 18.0 Å². The molecule has 10 heteroatoms. The van der Waals surface area contributed by atoms with Gasteiger partial charge in [-0.2, -0.15) is 0 Å². The normalized spacial score (nSPS) is 18.2. The van der Waals surface area contributed by atoms with Crippen LogP contribution in [0.15, 0.2) is 17.3 Å². The Labute approximate surface area is 175 Å². The van der Waals surface area contributed by atoms with E-state index in [4.69, 9.17) is 9.47 Å². The van der Waals surface area contributed by atoms with Crippen LogP contribution < -0.4 is 14.8 Å². The highest BCUT2D eigenvalue weighted by Crippen LogP contribution is 2.46. The Kier molecular flexibility index (Phi) is 4.15. The summed E-state index contributed by atoms with van der Waals surface area (Å²) in [5.41, 5.74) is 0.796. The van der Waals surface area contributed by atoms with Gasteiger partial charge in [-0.25, -0.2) is 4.98 Å². The van der Waals surface area contributed by atoms with Gasteiger partial charge in [-0.1, -0.05) is 23.1 Å². The Hall–Kier alpha value is -2.33. The largest absolute Gasteiger partial charge is 0.486 e. The average Bonchev–Trinajstić information content (AvgIpc) is 3.65. The van der Waals surface area contributed by atoms with E-state index in [2.05, 4.69) is 25.1 Å². The molecule has 6 rings (SSSR count). The standard InChI is InChI=1S/C19H19N5O3S2/c25-16(9-28-19-23-22-17(10-1-2-10)24(19)11-3-4-11)21-18-20-12-7-13-14(8-15(12)29-18)27-6-5-26-13/h7-8,10-11H,1-6,9H2,(H,20,21,25). The minimum absolute atomic E-state index is 0.0929. The molecule has 0 bridgehead atoms. The molecule has 1 amide bonds. The molecule has 0 radical (unpaired) electrons. The van der Waals surface area contributed by atoms with Gasteiger partial charge in [0.2, 0.25) is 5.91 Å². The summed E-state index contributed by atoms with van der Waals surface area (Å²) in [5.74, 6) is 3.29. The number of hydrogen-bond acceptors (Lipinski definition) is 8.